The average Bonchev–Trinajstić information content (AvgIpc) is 3.13. The zero-order valence-electron chi connectivity index (χ0n) is 12.4. The number of amides is 1. The standard InChI is InChI=1S/C13H14F3N5OS.ClH/c14-13(15,16)9-6-23-10(19-9)2-4-18-12(22)11-7-5-17-3-1-8(7)20-21-11;/h6,17H,1-5H2,(H,18,22)(H,20,21);1H. The number of alkyl halides is 3. The molecule has 0 unspecified atom stereocenters. The molecule has 6 nitrogen and oxygen atoms in total. The van der Waals surface area contributed by atoms with E-state index < -0.39 is 11.9 Å². The fourth-order valence-electron chi connectivity index (χ4n) is 2.34. The second-order valence-corrected chi connectivity index (χ2v) is 6.03. The van der Waals surface area contributed by atoms with Crippen LogP contribution in [0.4, 0.5) is 13.2 Å². The van der Waals surface area contributed by atoms with E-state index in [-0.39, 0.29) is 31.3 Å². The number of fused-ring (bicyclic) bond motifs is 1. The Kier molecular flexibility index (Phi) is 5.83. The van der Waals surface area contributed by atoms with Crippen LogP contribution in [0.5, 0.6) is 0 Å². The second-order valence-electron chi connectivity index (χ2n) is 5.09. The summed E-state index contributed by atoms with van der Waals surface area (Å²) in [5.41, 5.74) is 1.24. The summed E-state index contributed by atoms with van der Waals surface area (Å²) in [7, 11) is 0. The molecule has 2 aromatic heterocycles. The monoisotopic (exact) mass is 381 g/mol. The Bertz CT molecular complexity index is 715. The summed E-state index contributed by atoms with van der Waals surface area (Å²) in [6, 6.07) is 0. The van der Waals surface area contributed by atoms with Gasteiger partial charge in [-0.15, -0.1) is 23.7 Å². The number of aromatic amines is 1. The molecular formula is C13H15ClF3N5OS. The quantitative estimate of drug-likeness (QED) is 0.755. The van der Waals surface area contributed by atoms with Crippen LogP contribution in [-0.2, 0) is 25.6 Å². The number of nitrogens with zero attached hydrogens (tertiary/aromatic N) is 2. The zero-order valence-corrected chi connectivity index (χ0v) is 14.0. The van der Waals surface area contributed by atoms with Crippen molar-refractivity contribution in [1.82, 2.24) is 25.8 Å². The Hall–Kier alpha value is -1.65. The number of hydrogen-bond acceptors (Lipinski definition) is 5. The normalized spacial score (nSPS) is 14.0. The van der Waals surface area contributed by atoms with Gasteiger partial charge in [0.1, 0.15) is 0 Å². The maximum atomic E-state index is 12.5. The molecule has 1 aliphatic heterocycles. The van der Waals surface area contributed by atoms with Crippen LogP contribution in [0.15, 0.2) is 5.38 Å². The number of thiazole rings is 1. The highest BCUT2D eigenvalue weighted by molar-refractivity contribution is 7.09. The molecule has 0 atom stereocenters. The van der Waals surface area contributed by atoms with Crippen molar-refractivity contribution >= 4 is 29.7 Å². The van der Waals surface area contributed by atoms with E-state index in [0.717, 1.165) is 40.9 Å². The number of carbonyl (C=O) groups excluding carboxylic acids is 1. The summed E-state index contributed by atoms with van der Waals surface area (Å²) in [6.07, 6.45) is -3.40. The van der Waals surface area contributed by atoms with Crippen molar-refractivity contribution in [2.45, 2.75) is 25.6 Å². The largest absolute Gasteiger partial charge is 0.434 e. The van der Waals surface area contributed by atoms with Gasteiger partial charge in [0.2, 0.25) is 0 Å². The van der Waals surface area contributed by atoms with Crippen molar-refractivity contribution in [3.8, 4) is 0 Å². The Morgan fingerprint density at radius 1 is 1.42 bits per heavy atom. The van der Waals surface area contributed by atoms with Gasteiger partial charge in [0.05, 0.1) is 5.01 Å². The maximum absolute atomic E-state index is 12.5. The molecule has 0 radical (unpaired) electrons. The summed E-state index contributed by atoms with van der Waals surface area (Å²) < 4.78 is 37.4. The molecule has 1 aliphatic rings. The van der Waals surface area contributed by atoms with E-state index in [0.29, 0.717) is 17.2 Å². The topological polar surface area (TPSA) is 82.7 Å². The number of rotatable bonds is 4. The van der Waals surface area contributed by atoms with Crippen LogP contribution in [0.3, 0.4) is 0 Å². The molecule has 132 valence electrons. The van der Waals surface area contributed by atoms with Crippen LogP contribution < -0.4 is 10.6 Å². The highest BCUT2D eigenvalue weighted by Gasteiger charge is 2.33. The van der Waals surface area contributed by atoms with Crippen LogP contribution in [0.2, 0.25) is 0 Å². The van der Waals surface area contributed by atoms with Crippen LogP contribution in [0, 0.1) is 0 Å². The summed E-state index contributed by atoms with van der Waals surface area (Å²) in [5.74, 6) is -0.334. The summed E-state index contributed by atoms with van der Waals surface area (Å²) in [4.78, 5) is 15.6. The lowest BCUT2D eigenvalue weighted by Gasteiger charge is -2.12. The number of aromatic nitrogens is 3. The Morgan fingerprint density at radius 2 is 2.21 bits per heavy atom. The number of carbonyl (C=O) groups is 1. The Balaban J connectivity index is 0.00000208. The van der Waals surface area contributed by atoms with Crippen LogP contribution in [0.1, 0.15) is 32.4 Å². The highest BCUT2D eigenvalue weighted by Crippen LogP contribution is 2.30. The zero-order chi connectivity index (χ0) is 16.4. The van der Waals surface area contributed by atoms with E-state index in [9.17, 15) is 18.0 Å². The van der Waals surface area contributed by atoms with Gasteiger partial charge in [0.25, 0.3) is 5.91 Å². The third-order valence-electron chi connectivity index (χ3n) is 3.49. The van der Waals surface area contributed by atoms with Crippen molar-refractivity contribution in [3.05, 3.63) is 33.0 Å². The lowest BCUT2D eigenvalue weighted by atomic mass is 10.1. The average molecular weight is 382 g/mol. The number of H-pyrrole nitrogens is 1. The van der Waals surface area contributed by atoms with Gasteiger partial charge >= 0.3 is 6.18 Å². The maximum Gasteiger partial charge on any atom is 0.434 e. The van der Waals surface area contributed by atoms with Gasteiger partial charge in [0.15, 0.2) is 11.4 Å². The van der Waals surface area contributed by atoms with Crippen LogP contribution in [-0.4, -0.2) is 34.2 Å². The van der Waals surface area contributed by atoms with E-state index >= 15 is 0 Å². The molecule has 0 fully saturated rings. The smallest absolute Gasteiger partial charge is 0.350 e. The third-order valence-corrected chi connectivity index (χ3v) is 4.40. The molecule has 24 heavy (non-hydrogen) atoms. The van der Waals surface area contributed by atoms with Gasteiger partial charge in [-0.3, -0.25) is 9.89 Å². The van der Waals surface area contributed by atoms with Crippen molar-refractivity contribution in [1.29, 1.82) is 0 Å². The minimum Gasteiger partial charge on any atom is -0.350 e. The number of hydrogen-bond donors (Lipinski definition) is 3. The lowest BCUT2D eigenvalue weighted by Crippen LogP contribution is -2.29. The van der Waals surface area contributed by atoms with Crippen molar-refractivity contribution in [3.63, 3.8) is 0 Å². The minimum absolute atomic E-state index is 0. The van der Waals surface area contributed by atoms with Crippen molar-refractivity contribution in [2.24, 2.45) is 0 Å². The van der Waals surface area contributed by atoms with E-state index in [4.69, 9.17) is 0 Å². The SMILES string of the molecule is Cl.O=C(NCCc1nc(C(F)(F)F)cs1)c1n[nH]c2c1CNCC2. The van der Waals surface area contributed by atoms with Gasteiger partial charge in [-0.2, -0.15) is 18.3 Å². The molecule has 2 aromatic rings. The molecule has 0 bridgehead atoms. The lowest BCUT2D eigenvalue weighted by molar-refractivity contribution is -0.140. The number of halogens is 4. The predicted molar refractivity (Wildman–Crippen MR) is 84.4 cm³/mol. The molecule has 3 N–H and O–H groups in total. The van der Waals surface area contributed by atoms with E-state index in [1.54, 1.807) is 0 Å². The summed E-state index contributed by atoms with van der Waals surface area (Å²) in [5, 5.41) is 14.0. The van der Waals surface area contributed by atoms with E-state index in [1.807, 2.05) is 0 Å². The first-order chi connectivity index (χ1) is 10.9. The van der Waals surface area contributed by atoms with Gasteiger partial charge < -0.3 is 10.6 Å². The molecule has 3 heterocycles. The van der Waals surface area contributed by atoms with Gasteiger partial charge in [-0.05, 0) is 0 Å². The summed E-state index contributed by atoms with van der Waals surface area (Å²) in [6.45, 7) is 1.62. The number of nitrogens with one attached hydrogen (secondary N) is 3. The van der Waals surface area contributed by atoms with Crippen LogP contribution >= 0.6 is 23.7 Å². The molecule has 1 amide bonds. The first-order valence-corrected chi connectivity index (χ1v) is 7.89. The molecule has 0 aliphatic carbocycles. The Labute approximate surface area is 145 Å². The first kappa shape index (κ1) is 18.7. The predicted octanol–water partition coefficient (Wildman–Crippen LogP) is 1.92. The fourth-order valence-corrected chi connectivity index (χ4v) is 3.14. The van der Waals surface area contributed by atoms with Gasteiger partial charge in [0, 0.05) is 49.1 Å². The molecule has 0 aromatic carbocycles. The molecular weight excluding hydrogens is 367 g/mol. The molecule has 0 saturated carbocycles. The molecule has 3 rings (SSSR count). The Morgan fingerprint density at radius 3 is 2.92 bits per heavy atom. The van der Waals surface area contributed by atoms with Crippen molar-refractivity contribution in [2.75, 3.05) is 13.1 Å². The third kappa shape index (κ3) is 4.05. The molecule has 11 heteroatoms. The second kappa shape index (κ2) is 7.49. The van der Waals surface area contributed by atoms with E-state index in [2.05, 4.69) is 25.8 Å². The van der Waals surface area contributed by atoms with Gasteiger partial charge in [-0.1, -0.05) is 0 Å². The summed E-state index contributed by atoms with van der Waals surface area (Å²) >= 11 is 0.934. The van der Waals surface area contributed by atoms with Crippen LogP contribution in [0.25, 0.3) is 0 Å². The van der Waals surface area contributed by atoms with Crippen molar-refractivity contribution < 1.29 is 18.0 Å². The fraction of sp³-hybridized carbons (Fsp3) is 0.462. The van der Waals surface area contributed by atoms with Gasteiger partial charge in [-0.25, -0.2) is 4.98 Å². The first-order valence-electron chi connectivity index (χ1n) is 7.02. The molecule has 0 spiro atoms. The molecule has 0 saturated heterocycles. The van der Waals surface area contributed by atoms with E-state index in [1.165, 1.54) is 0 Å². The highest BCUT2D eigenvalue weighted by atomic mass is 35.5. The minimum atomic E-state index is -4.43.